The van der Waals surface area contributed by atoms with E-state index in [9.17, 15) is 4.79 Å². The van der Waals surface area contributed by atoms with Gasteiger partial charge in [-0.25, -0.2) is 0 Å². The molecule has 0 saturated heterocycles. The van der Waals surface area contributed by atoms with Gasteiger partial charge in [0.25, 0.3) is 0 Å². The molecule has 0 aliphatic carbocycles. The Balaban J connectivity index is 1.86. The molecule has 2 rings (SSSR count). The summed E-state index contributed by atoms with van der Waals surface area (Å²) in [6, 6.07) is 19.8. The van der Waals surface area contributed by atoms with E-state index in [2.05, 4.69) is 5.32 Å². The van der Waals surface area contributed by atoms with Gasteiger partial charge in [-0.15, -0.1) is 0 Å². The zero-order valence-electron chi connectivity index (χ0n) is 11.5. The average molecular weight is 268 g/mol. The van der Waals surface area contributed by atoms with Crippen LogP contribution in [0, 0.1) is 0 Å². The predicted molar refractivity (Wildman–Crippen MR) is 81.4 cm³/mol. The third kappa shape index (κ3) is 4.21. The molecule has 0 bridgehead atoms. The summed E-state index contributed by atoms with van der Waals surface area (Å²) in [6.07, 6.45) is 0.410. The van der Waals surface area contributed by atoms with Crippen LogP contribution in [0.15, 0.2) is 60.7 Å². The number of nitrogens with two attached hydrogens (primary N) is 1. The van der Waals surface area contributed by atoms with E-state index in [1.54, 1.807) is 0 Å². The third-order valence-corrected chi connectivity index (χ3v) is 3.31. The van der Waals surface area contributed by atoms with Gasteiger partial charge in [0.2, 0.25) is 5.91 Å². The summed E-state index contributed by atoms with van der Waals surface area (Å²) < 4.78 is 0. The normalized spacial score (nSPS) is 11.8. The number of hydrogen-bond acceptors (Lipinski definition) is 2. The first-order valence-corrected chi connectivity index (χ1v) is 6.85. The molecule has 0 radical (unpaired) electrons. The smallest absolute Gasteiger partial charge is 0.224 e. The lowest BCUT2D eigenvalue weighted by Gasteiger charge is -2.16. The lowest BCUT2D eigenvalue weighted by Crippen LogP contribution is -2.32. The van der Waals surface area contributed by atoms with Crippen LogP contribution in [-0.2, 0) is 11.2 Å². The van der Waals surface area contributed by atoms with Crippen molar-refractivity contribution in [2.45, 2.75) is 12.3 Å². The van der Waals surface area contributed by atoms with E-state index in [4.69, 9.17) is 5.73 Å². The van der Waals surface area contributed by atoms with Gasteiger partial charge in [-0.3, -0.25) is 4.79 Å². The molecule has 20 heavy (non-hydrogen) atoms. The molecular weight excluding hydrogens is 248 g/mol. The minimum atomic E-state index is 0.0329. The van der Waals surface area contributed by atoms with Gasteiger partial charge < -0.3 is 11.1 Å². The Bertz CT molecular complexity index is 525. The maximum Gasteiger partial charge on any atom is 0.224 e. The molecule has 0 heterocycles. The maximum atomic E-state index is 11.9. The summed E-state index contributed by atoms with van der Waals surface area (Å²) in [5.41, 5.74) is 7.98. The monoisotopic (exact) mass is 268 g/mol. The lowest BCUT2D eigenvalue weighted by atomic mass is 9.99. The topological polar surface area (TPSA) is 55.1 Å². The number of carbonyl (C=O) groups excluding carboxylic acids is 1. The molecule has 3 N–H and O–H groups in total. The molecule has 0 aliphatic rings. The second-order valence-corrected chi connectivity index (χ2v) is 4.81. The van der Waals surface area contributed by atoms with Crippen molar-refractivity contribution in [2.24, 2.45) is 5.73 Å². The minimum absolute atomic E-state index is 0.0329. The number of benzene rings is 2. The summed E-state index contributed by atoms with van der Waals surface area (Å²) >= 11 is 0. The minimum Gasteiger partial charge on any atom is -0.355 e. The summed E-state index contributed by atoms with van der Waals surface area (Å²) in [4.78, 5) is 11.9. The molecular formula is C17H20N2O. The Morgan fingerprint density at radius 3 is 2.20 bits per heavy atom. The Morgan fingerprint density at radius 1 is 1.00 bits per heavy atom. The van der Waals surface area contributed by atoms with Crippen LogP contribution in [0.5, 0.6) is 0 Å². The van der Waals surface area contributed by atoms with Crippen LogP contribution in [0.25, 0.3) is 0 Å². The molecule has 2 aromatic carbocycles. The maximum absolute atomic E-state index is 11.9. The van der Waals surface area contributed by atoms with Crippen LogP contribution >= 0.6 is 0 Å². The Morgan fingerprint density at radius 2 is 1.60 bits per heavy atom. The average Bonchev–Trinajstić information content (AvgIpc) is 2.50. The molecule has 1 atom stereocenters. The molecule has 3 heteroatoms. The fraction of sp³-hybridized carbons (Fsp3) is 0.235. The standard InChI is InChI=1S/C17H20N2O/c18-12-16(15-9-5-2-6-10-15)13-19-17(20)11-14-7-3-1-4-8-14/h1-10,16H,11-13,18H2,(H,19,20). The largest absolute Gasteiger partial charge is 0.355 e. The van der Waals surface area contributed by atoms with Gasteiger partial charge in [0, 0.05) is 19.0 Å². The highest BCUT2D eigenvalue weighted by Crippen LogP contribution is 2.12. The van der Waals surface area contributed by atoms with Crippen LogP contribution in [0.4, 0.5) is 0 Å². The van der Waals surface area contributed by atoms with Crippen molar-refractivity contribution in [2.75, 3.05) is 13.1 Å². The van der Waals surface area contributed by atoms with Gasteiger partial charge in [0.1, 0.15) is 0 Å². The Labute approximate surface area is 119 Å². The van der Waals surface area contributed by atoms with E-state index >= 15 is 0 Å². The van der Waals surface area contributed by atoms with Crippen LogP contribution in [-0.4, -0.2) is 19.0 Å². The molecule has 0 aliphatic heterocycles. The predicted octanol–water partition coefficient (Wildman–Crippen LogP) is 2.09. The zero-order chi connectivity index (χ0) is 14.2. The Hall–Kier alpha value is -2.13. The van der Waals surface area contributed by atoms with Crippen LogP contribution in [0.1, 0.15) is 17.0 Å². The number of hydrogen-bond donors (Lipinski definition) is 2. The highest BCUT2D eigenvalue weighted by molar-refractivity contribution is 5.78. The van der Waals surface area contributed by atoms with Crippen molar-refractivity contribution >= 4 is 5.91 Å². The molecule has 0 aromatic heterocycles. The molecule has 1 unspecified atom stereocenters. The second-order valence-electron chi connectivity index (χ2n) is 4.81. The molecule has 0 fully saturated rings. The van der Waals surface area contributed by atoms with Crippen molar-refractivity contribution in [1.82, 2.24) is 5.32 Å². The number of carbonyl (C=O) groups is 1. The quantitative estimate of drug-likeness (QED) is 0.843. The number of rotatable bonds is 6. The van der Waals surface area contributed by atoms with Crippen LogP contribution in [0.3, 0.4) is 0 Å². The summed E-state index contributed by atoms with van der Waals surface area (Å²) in [5, 5.41) is 2.96. The van der Waals surface area contributed by atoms with Gasteiger partial charge in [-0.2, -0.15) is 0 Å². The molecule has 104 valence electrons. The summed E-state index contributed by atoms with van der Waals surface area (Å²) in [6.45, 7) is 1.10. The van der Waals surface area contributed by atoms with Crippen molar-refractivity contribution in [3.05, 3.63) is 71.8 Å². The van der Waals surface area contributed by atoms with Crippen molar-refractivity contribution in [3.63, 3.8) is 0 Å². The van der Waals surface area contributed by atoms with Gasteiger partial charge in [-0.05, 0) is 11.1 Å². The van der Waals surface area contributed by atoms with E-state index < -0.39 is 0 Å². The van der Waals surface area contributed by atoms with Gasteiger partial charge in [0.05, 0.1) is 6.42 Å². The van der Waals surface area contributed by atoms with Crippen molar-refractivity contribution in [3.8, 4) is 0 Å². The zero-order valence-corrected chi connectivity index (χ0v) is 11.5. The van der Waals surface area contributed by atoms with Crippen LogP contribution < -0.4 is 11.1 Å². The molecule has 2 aromatic rings. The van der Waals surface area contributed by atoms with E-state index in [1.165, 1.54) is 0 Å². The molecule has 1 amide bonds. The number of nitrogens with one attached hydrogen (secondary N) is 1. The van der Waals surface area contributed by atoms with Gasteiger partial charge in [-0.1, -0.05) is 60.7 Å². The fourth-order valence-electron chi connectivity index (χ4n) is 2.14. The molecule has 3 nitrogen and oxygen atoms in total. The van der Waals surface area contributed by atoms with E-state index in [0.29, 0.717) is 19.5 Å². The summed E-state index contributed by atoms with van der Waals surface area (Å²) in [5.74, 6) is 0.196. The van der Waals surface area contributed by atoms with Crippen molar-refractivity contribution < 1.29 is 4.79 Å². The van der Waals surface area contributed by atoms with Gasteiger partial charge in [0.15, 0.2) is 0 Å². The lowest BCUT2D eigenvalue weighted by molar-refractivity contribution is -0.120. The highest BCUT2D eigenvalue weighted by atomic mass is 16.1. The molecule has 0 saturated carbocycles. The van der Waals surface area contributed by atoms with Crippen LogP contribution in [0.2, 0.25) is 0 Å². The fourth-order valence-corrected chi connectivity index (χ4v) is 2.14. The first-order chi connectivity index (χ1) is 9.79. The summed E-state index contributed by atoms with van der Waals surface area (Å²) in [7, 11) is 0. The first-order valence-electron chi connectivity index (χ1n) is 6.85. The first kappa shape index (κ1) is 14.3. The Kier molecular flexibility index (Phi) is 5.33. The van der Waals surface area contributed by atoms with Gasteiger partial charge >= 0.3 is 0 Å². The van der Waals surface area contributed by atoms with Crippen molar-refractivity contribution in [1.29, 1.82) is 0 Å². The van der Waals surface area contributed by atoms with E-state index in [1.807, 2.05) is 60.7 Å². The second kappa shape index (κ2) is 7.46. The van der Waals surface area contributed by atoms with E-state index in [-0.39, 0.29) is 11.8 Å². The molecule has 0 spiro atoms. The van der Waals surface area contributed by atoms with E-state index in [0.717, 1.165) is 11.1 Å². The third-order valence-electron chi connectivity index (χ3n) is 3.31. The SMILES string of the molecule is NCC(CNC(=O)Cc1ccccc1)c1ccccc1. The number of amides is 1. The highest BCUT2D eigenvalue weighted by Gasteiger charge is 2.11.